The Morgan fingerprint density at radius 2 is 1.78 bits per heavy atom. The Kier molecular flexibility index (Phi) is 4.63. The third-order valence-corrected chi connectivity index (χ3v) is 4.74. The van der Waals surface area contributed by atoms with Crippen LogP contribution in [0.5, 0.6) is 0 Å². The van der Waals surface area contributed by atoms with Gasteiger partial charge in [0.1, 0.15) is 10.8 Å². The van der Waals surface area contributed by atoms with Crippen LogP contribution in [0, 0.1) is 12.7 Å². The van der Waals surface area contributed by atoms with Crippen LogP contribution in [-0.4, -0.2) is 10.8 Å². The molecule has 0 saturated heterocycles. The van der Waals surface area contributed by atoms with Gasteiger partial charge >= 0.3 is 0 Å². The zero-order valence-corrected chi connectivity index (χ0v) is 13.6. The lowest BCUT2D eigenvalue weighted by atomic mass is 10.0. The smallest absolute Gasteiger partial charge is 0.166 e. The van der Waals surface area contributed by atoms with E-state index in [1.54, 1.807) is 23.5 Å². The fourth-order valence-electron chi connectivity index (χ4n) is 2.42. The molecular formula is C19H16FNOS. The van der Waals surface area contributed by atoms with Crippen LogP contribution in [-0.2, 0) is 6.42 Å². The van der Waals surface area contributed by atoms with Crippen LogP contribution in [0.1, 0.15) is 27.3 Å². The molecule has 0 atom stereocenters. The highest BCUT2D eigenvalue weighted by Crippen LogP contribution is 2.28. The van der Waals surface area contributed by atoms with Gasteiger partial charge in [0.2, 0.25) is 0 Å². The molecule has 1 heterocycles. The number of thiazole rings is 1. The Hall–Kier alpha value is -2.33. The number of rotatable bonds is 5. The first kappa shape index (κ1) is 15.6. The zero-order valence-electron chi connectivity index (χ0n) is 12.8. The summed E-state index contributed by atoms with van der Waals surface area (Å²) in [6.45, 7) is 2.01. The van der Waals surface area contributed by atoms with Crippen molar-refractivity contribution in [3.05, 3.63) is 76.5 Å². The van der Waals surface area contributed by atoms with Gasteiger partial charge in [-0.05, 0) is 25.5 Å². The molecular weight excluding hydrogens is 309 g/mol. The average molecular weight is 325 g/mol. The second kappa shape index (κ2) is 6.84. The first-order valence-electron chi connectivity index (χ1n) is 7.44. The van der Waals surface area contributed by atoms with Gasteiger partial charge in [0.05, 0.1) is 11.3 Å². The van der Waals surface area contributed by atoms with Gasteiger partial charge in [0, 0.05) is 16.9 Å². The van der Waals surface area contributed by atoms with Gasteiger partial charge in [0.25, 0.3) is 0 Å². The lowest BCUT2D eigenvalue weighted by molar-refractivity contribution is 0.0978. The third kappa shape index (κ3) is 3.54. The van der Waals surface area contributed by atoms with E-state index >= 15 is 0 Å². The summed E-state index contributed by atoms with van der Waals surface area (Å²) in [4.78, 5) is 17.9. The number of ketones is 1. The lowest BCUT2D eigenvalue weighted by Crippen LogP contribution is -2.04. The van der Waals surface area contributed by atoms with Crippen molar-refractivity contribution in [1.29, 1.82) is 0 Å². The average Bonchev–Trinajstić information content (AvgIpc) is 2.95. The molecule has 0 spiro atoms. The summed E-state index contributed by atoms with van der Waals surface area (Å²) < 4.78 is 13.6. The molecule has 3 aromatic rings. The molecule has 0 N–H and O–H groups in total. The summed E-state index contributed by atoms with van der Waals surface area (Å²) in [6, 6.07) is 16.1. The Balaban J connectivity index is 1.73. The van der Waals surface area contributed by atoms with Crippen LogP contribution >= 0.6 is 11.3 Å². The fraction of sp³-hybridized carbons (Fsp3) is 0.158. The maximum Gasteiger partial charge on any atom is 0.166 e. The number of hydrogen-bond acceptors (Lipinski definition) is 3. The SMILES string of the molecule is Cc1sc(-c2ccccc2)nc1CCC(=O)c1ccccc1F. The molecule has 0 bridgehead atoms. The van der Waals surface area contributed by atoms with Crippen molar-refractivity contribution in [3.63, 3.8) is 0 Å². The topological polar surface area (TPSA) is 30.0 Å². The Morgan fingerprint density at radius 1 is 1.09 bits per heavy atom. The van der Waals surface area contributed by atoms with Crippen molar-refractivity contribution in [3.8, 4) is 10.6 Å². The highest BCUT2D eigenvalue weighted by atomic mass is 32.1. The second-order valence-electron chi connectivity index (χ2n) is 5.29. The number of hydrogen-bond donors (Lipinski definition) is 0. The third-order valence-electron chi connectivity index (χ3n) is 3.68. The number of Topliss-reactive ketones (excluding diaryl/α,β-unsaturated/α-hetero) is 1. The molecule has 0 fully saturated rings. The van der Waals surface area contributed by atoms with E-state index < -0.39 is 5.82 Å². The molecule has 2 aromatic carbocycles. The minimum atomic E-state index is -0.461. The van der Waals surface area contributed by atoms with Crippen LogP contribution in [0.3, 0.4) is 0 Å². The van der Waals surface area contributed by atoms with Crippen molar-refractivity contribution in [2.75, 3.05) is 0 Å². The molecule has 0 aliphatic carbocycles. The number of nitrogens with zero attached hydrogens (tertiary/aromatic N) is 1. The quantitative estimate of drug-likeness (QED) is 0.613. The maximum atomic E-state index is 13.6. The van der Waals surface area contributed by atoms with Gasteiger partial charge in [-0.3, -0.25) is 4.79 Å². The second-order valence-corrected chi connectivity index (χ2v) is 6.49. The van der Waals surface area contributed by atoms with E-state index in [4.69, 9.17) is 0 Å². The molecule has 0 aliphatic heterocycles. The predicted octanol–water partition coefficient (Wildman–Crippen LogP) is 5.07. The monoisotopic (exact) mass is 325 g/mol. The predicted molar refractivity (Wildman–Crippen MR) is 91.3 cm³/mol. The summed E-state index contributed by atoms with van der Waals surface area (Å²) in [7, 11) is 0. The molecule has 0 unspecified atom stereocenters. The molecule has 23 heavy (non-hydrogen) atoms. The van der Waals surface area contributed by atoms with Crippen LogP contribution in [0.4, 0.5) is 4.39 Å². The molecule has 0 radical (unpaired) electrons. The first-order valence-corrected chi connectivity index (χ1v) is 8.26. The number of aryl methyl sites for hydroxylation is 2. The standard InChI is InChI=1S/C19H16FNOS/c1-13-17(21-19(23-13)14-7-3-2-4-8-14)11-12-18(22)15-9-5-6-10-16(15)20/h2-10H,11-12H2,1H3. The van der Waals surface area contributed by atoms with Gasteiger partial charge in [-0.2, -0.15) is 0 Å². The van der Waals surface area contributed by atoms with E-state index in [1.165, 1.54) is 12.1 Å². The summed E-state index contributed by atoms with van der Waals surface area (Å²) >= 11 is 1.62. The Labute approximate surface area is 138 Å². The van der Waals surface area contributed by atoms with E-state index in [9.17, 15) is 9.18 Å². The lowest BCUT2D eigenvalue weighted by Gasteiger charge is -2.02. The Morgan fingerprint density at radius 3 is 2.52 bits per heavy atom. The maximum absolute atomic E-state index is 13.6. The van der Waals surface area contributed by atoms with E-state index in [1.807, 2.05) is 37.3 Å². The number of aromatic nitrogens is 1. The number of carbonyl (C=O) groups excluding carboxylic acids is 1. The van der Waals surface area contributed by atoms with Crippen molar-refractivity contribution in [1.82, 2.24) is 4.98 Å². The van der Waals surface area contributed by atoms with E-state index in [0.29, 0.717) is 6.42 Å². The van der Waals surface area contributed by atoms with Crippen LogP contribution < -0.4 is 0 Å². The van der Waals surface area contributed by atoms with Gasteiger partial charge in [-0.1, -0.05) is 42.5 Å². The summed E-state index contributed by atoms with van der Waals surface area (Å²) in [5.74, 6) is -0.644. The van der Waals surface area contributed by atoms with Crippen LogP contribution in [0.2, 0.25) is 0 Å². The minimum absolute atomic E-state index is 0.156. The van der Waals surface area contributed by atoms with E-state index in [2.05, 4.69) is 4.98 Å². The van der Waals surface area contributed by atoms with Crippen molar-refractivity contribution in [2.24, 2.45) is 0 Å². The first-order chi connectivity index (χ1) is 11.1. The summed E-state index contributed by atoms with van der Waals surface area (Å²) in [6.07, 6.45) is 0.794. The fourth-order valence-corrected chi connectivity index (χ4v) is 3.38. The van der Waals surface area contributed by atoms with Gasteiger partial charge in [0.15, 0.2) is 5.78 Å². The van der Waals surface area contributed by atoms with Gasteiger partial charge in [-0.25, -0.2) is 9.37 Å². The number of carbonyl (C=O) groups is 1. The number of halogens is 1. The molecule has 3 rings (SSSR count). The Bertz CT molecular complexity index is 826. The molecule has 0 saturated carbocycles. The van der Waals surface area contributed by atoms with E-state index in [-0.39, 0.29) is 17.8 Å². The molecule has 1 aromatic heterocycles. The van der Waals surface area contributed by atoms with Crippen LogP contribution in [0.25, 0.3) is 10.6 Å². The number of benzene rings is 2. The van der Waals surface area contributed by atoms with Gasteiger partial charge < -0.3 is 0 Å². The van der Waals surface area contributed by atoms with Crippen LogP contribution in [0.15, 0.2) is 54.6 Å². The summed E-state index contributed by atoms with van der Waals surface area (Å²) in [5.41, 5.74) is 2.15. The minimum Gasteiger partial charge on any atom is -0.294 e. The largest absolute Gasteiger partial charge is 0.294 e. The highest BCUT2D eigenvalue weighted by molar-refractivity contribution is 7.15. The summed E-state index contributed by atoms with van der Waals surface area (Å²) in [5, 5.41) is 0.955. The zero-order chi connectivity index (χ0) is 16.2. The molecule has 0 aliphatic rings. The van der Waals surface area contributed by atoms with Crippen molar-refractivity contribution >= 4 is 17.1 Å². The molecule has 2 nitrogen and oxygen atoms in total. The van der Waals surface area contributed by atoms with Crippen molar-refractivity contribution in [2.45, 2.75) is 19.8 Å². The van der Waals surface area contributed by atoms with E-state index in [0.717, 1.165) is 21.1 Å². The van der Waals surface area contributed by atoms with Crippen molar-refractivity contribution < 1.29 is 9.18 Å². The van der Waals surface area contributed by atoms with Gasteiger partial charge in [-0.15, -0.1) is 11.3 Å². The molecule has 4 heteroatoms. The highest BCUT2D eigenvalue weighted by Gasteiger charge is 2.14. The normalized spacial score (nSPS) is 10.7. The molecule has 0 amide bonds. The molecule has 116 valence electrons.